The summed E-state index contributed by atoms with van der Waals surface area (Å²) >= 11 is 12.1. The summed E-state index contributed by atoms with van der Waals surface area (Å²) in [6.45, 7) is 1.10. The van der Waals surface area contributed by atoms with Gasteiger partial charge in [0.1, 0.15) is 0 Å². The van der Waals surface area contributed by atoms with Crippen LogP contribution in [0.3, 0.4) is 0 Å². The highest BCUT2D eigenvalue weighted by atomic mass is 35.5. The van der Waals surface area contributed by atoms with Crippen molar-refractivity contribution in [3.8, 4) is 0 Å². The molecule has 0 unspecified atom stereocenters. The molecule has 0 radical (unpaired) electrons. The number of ether oxygens (including phenoxy) is 1. The maximum atomic E-state index is 13.1. The summed E-state index contributed by atoms with van der Waals surface area (Å²) in [4.78, 5) is 0. The highest BCUT2D eigenvalue weighted by Gasteiger charge is 2.37. The highest BCUT2D eigenvalue weighted by Crippen LogP contribution is 2.38. The van der Waals surface area contributed by atoms with Gasteiger partial charge >= 0.3 is 12.4 Å². The van der Waals surface area contributed by atoms with Gasteiger partial charge in [-0.05, 0) is 67.4 Å². The Balaban J connectivity index is 1.83. The Morgan fingerprint density at radius 1 is 0.839 bits per heavy atom. The van der Waals surface area contributed by atoms with Crippen molar-refractivity contribution in [2.75, 3.05) is 19.7 Å². The summed E-state index contributed by atoms with van der Waals surface area (Å²) in [5.74, 6) is 0. The van der Waals surface area contributed by atoms with Crippen LogP contribution in [0.4, 0.5) is 26.3 Å². The molecule has 0 amide bonds. The molecule has 1 aliphatic rings. The standard InChI is InChI=1S/C21H19Cl2F6NO/c22-17-2-1-14(10-18(17)23)19(3-5-30-6-4-19)12-31-11-13-7-15(20(24,25)26)9-16(8-13)21(27,28)29/h1-2,7-10,30H,3-6,11-12H2. The van der Waals surface area contributed by atoms with Crippen LogP contribution < -0.4 is 5.32 Å². The molecule has 1 N–H and O–H groups in total. The third-order valence-electron chi connectivity index (χ3n) is 5.39. The second-order valence-electron chi connectivity index (χ2n) is 7.57. The van der Waals surface area contributed by atoms with Crippen molar-refractivity contribution in [1.29, 1.82) is 0 Å². The Morgan fingerprint density at radius 2 is 1.42 bits per heavy atom. The molecule has 10 heteroatoms. The van der Waals surface area contributed by atoms with Crippen LogP contribution in [-0.4, -0.2) is 19.7 Å². The molecule has 0 atom stereocenters. The first-order valence-corrected chi connectivity index (χ1v) is 10.2. The molecule has 0 saturated carbocycles. The molecule has 2 aromatic rings. The second-order valence-corrected chi connectivity index (χ2v) is 8.38. The Bertz CT molecular complexity index is 891. The predicted octanol–water partition coefficient (Wildman–Crippen LogP) is 6.87. The maximum absolute atomic E-state index is 13.1. The minimum Gasteiger partial charge on any atom is -0.376 e. The van der Waals surface area contributed by atoms with Crippen LogP contribution >= 0.6 is 23.2 Å². The topological polar surface area (TPSA) is 21.3 Å². The zero-order valence-corrected chi connectivity index (χ0v) is 17.7. The van der Waals surface area contributed by atoms with Gasteiger partial charge in [0.05, 0.1) is 34.4 Å². The van der Waals surface area contributed by atoms with Crippen molar-refractivity contribution in [1.82, 2.24) is 5.32 Å². The molecule has 1 aliphatic heterocycles. The predicted molar refractivity (Wildman–Crippen MR) is 106 cm³/mol. The van der Waals surface area contributed by atoms with Crippen LogP contribution in [0, 0.1) is 0 Å². The van der Waals surface area contributed by atoms with Crippen LogP contribution in [0.25, 0.3) is 0 Å². The van der Waals surface area contributed by atoms with E-state index in [1.54, 1.807) is 12.1 Å². The number of hydrogen-bond acceptors (Lipinski definition) is 2. The summed E-state index contributed by atoms with van der Waals surface area (Å²) in [5.41, 5.74) is -2.53. The number of nitrogens with one attached hydrogen (secondary N) is 1. The third kappa shape index (κ3) is 5.86. The lowest BCUT2D eigenvalue weighted by molar-refractivity contribution is -0.143. The summed E-state index contributed by atoms with van der Waals surface area (Å²) in [5, 5.41) is 3.98. The van der Waals surface area contributed by atoms with E-state index in [2.05, 4.69) is 5.32 Å². The highest BCUT2D eigenvalue weighted by molar-refractivity contribution is 6.42. The van der Waals surface area contributed by atoms with E-state index in [1.807, 2.05) is 6.07 Å². The molecule has 0 aromatic heterocycles. The monoisotopic (exact) mass is 485 g/mol. The van der Waals surface area contributed by atoms with Crippen LogP contribution in [0.2, 0.25) is 10.0 Å². The molecular weight excluding hydrogens is 467 g/mol. The minimum absolute atomic E-state index is 0.105. The van der Waals surface area contributed by atoms with Crippen molar-refractivity contribution in [2.24, 2.45) is 0 Å². The van der Waals surface area contributed by atoms with E-state index in [9.17, 15) is 26.3 Å². The molecule has 0 aliphatic carbocycles. The fourth-order valence-electron chi connectivity index (χ4n) is 3.71. The van der Waals surface area contributed by atoms with Gasteiger partial charge in [-0.25, -0.2) is 0 Å². The van der Waals surface area contributed by atoms with E-state index in [0.29, 0.717) is 48.1 Å². The van der Waals surface area contributed by atoms with Gasteiger partial charge in [0.2, 0.25) is 0 Å². The van der Waals surface area contributed by atoms with Gasteiger partial charge in [0.25, 0.3) is 0 Å². The molecule has 1 fully saturated rings. The Hall–Kier alpha value is -1.48. The fraction of sp³-hybridized carbons (Fsp3) is 0.429. The molecule has 1 saturated heterocycles. The number of alkyl halides is 6. The van der Waals surface area contributed by atoms with Crippen molar-refractivity contribution in [3.05, 3.63) is 68.7 Å². The largest absolute Gasteiger partial charge is 0.416 e. The minimum atomic E-state index is -4.90. The first-order valence-electron chi connectivity index (χ1n) is 9.43. The van der Waals surface area contributed by atoms with Crippen molar-refractivity contribution in [3.63, 3.8) is 0 Å². The summed E-state index contributed by atoms with van der Waals surface area (Å²) in [7, 11) is 0. The van der Waals surface area contributed by atoms with E-state index >= 15 is 0 Å². The Morgan fingerprint density at radius 3 is 1.94 bits per heavy atom. The average Bonchev–Trinajstić information content (AvgIpc) is 2.69. The number of piperidine rings is 1. The average molecular weight is 486 g/mol. The fourth-order valence-corrected chi connectivity index (χ4v) is 4.01. The molecule has 1 heterocycles. The number of hydrogen-bond donors (Lipinski definition) is 1. The zero-order valence-electron chi connectivity index (χ0n) is 16.1. The maximum Gasteiger partial charge on any atom is 0.416 e. The van der Waals surface area contributed by atoms with Gasteiger partial charge in [0, 0.05) is 5.41 Å². The van der Waals surface area contributed by atoms with Crippen molar-refractivity contribution < 1.29 is 31.1 Å². The van der Waals surface area contributed by atoms with Crippen LogP contribution in [0.15, 0.2) is 36.4 Å². The van der Waals surface area contributed by atoms with Crippen molar-refractivity contribution >= 4 is 23.2 Å². The molecule has 170 valence electrons. The zero-order chi connectivity index (χ0) is 22.9. The van der Waals surface area contributed by atoms with Gasteiger partial charge in [-0.15, -0.1) is 0 Å². The van der Waals surface area contributed by atoms with Gasteiger partial charge in [-0.1, -0.05) is 29.3 Å². The van der Waals surface area contributed by atoms with Crippen LogP contribution in [0.1, 0.15) is 35.1 Å². The molecule has 0 spiro atoms. The number of halogens is 8. The number of rotatable bonds is 5. The molecule has 2 nitrogen and oxygen atoms in total. The number of benzene rings is 2. The lowest BCUT2D eigenvalue weighted by Gasteiger charge is -2.38. The molecule has 0 bridgehead atoms. The van der Waals surface area contributed by atoms with E-state index in [0.717, 1.165) is 5.56 Å². The van der Waals surface area contributed by atoms with Gasteiger partial charge in [-0.2, -0.15) is 26.3 Å². The smallest absolute Gasteiger partial charge is 0.376 e. The molecule has 31 heavy (non-hydrogen) atoms. The van der Waals surface area contributed by atoms with Gasteiger partial charge < -0.3 is 10.1 Å². The van der Waals surface area contributed by atoms with Crippen molar-refractivity contribution in [2.45, 2.75) is 37.2 Å². The lowest BCUT2D eigenvalue weighted by Crippen LogP contribution is -2.43. The quantitative estimate of drug-likeness (QED) is 0.466. The second kappa shape index (κ2) is 9.17. The van der Waals surface area contributed by atoms with Gasteiger partial charge in [0.15, 0.2) is 0 Å². The Labute approximate surface area is 185 Å². The SMILES string of the molecule is FC(F)(F)c1cc(COCC2(c3ccc(Cl)c(Cl)c3)CCNCC2)cc(C(F)(F)F)c1. The summed E-state index contributed by atoms with van der Waals surface area (Å²) in [6.07, 6.45) is -8.46. The first kappa shape index (κ1) is 24.2. The van der Waals surface area contributed by atoms with Gasteiger partial charge in [-0.3, -0.25) is 0 Å². The molecule has 2 aromatic carbocycles. The van der Waals surface area contributed by atoms with Crippen LogP contribution in [-0.2, 0) is 29.1 Å². The molecular formula is C21H19Cl2F6NO. The summed E-state index contributed by atoms with van der Waals surface area (Å²) < 4.78 is 84.1. The summed E-state index contributed by atoms with van der Waals surface area (Å²) in [6, 6.07) is 6.67. The normalized spacial score (nSPS) is 17.0. The van der Waals surface area contributed by atoms with E-state index in [-0.39, 0.29) is 24.8 Å². The third-order valence-corrected chi connectivity index (χ3v) is 6.13. The Kier molecular flexibility index (Phi) is 7.15. The first-order chi connectivity index (χ1) is 14.4. The molecule has 3 rings (SSSR count). The van der Waals surface area contributed by atoms with Crippen LogP contribution in [0.5, 0.6) is 0 Å². The van der Waals surface area contributed by atoms with E-state index in [4.69, 9.17) is 27.9 Å². The van der Waals surface area contributed by atoms with E-state index in [1.165, 1.54) is 0 Å². The lowest BCUT2D eigenvalue weighted by atomic mass is 9.74. The van der Waals surface area contributed by atoms with E-state index < -0.39 is 28.9 Å².